The molecule has 5 nitrogen and oxygen atoms in total. The lowest BCUT2D eigenvalue weighted by molar-refractivity contribution is -0.384. The Morgan fingerprint density at radius 2 is 2.05 bits per heavy atom. The SMILES string of the molecule is CN(C)Cc1ccnc(-c2cccc([N+](=O)[O-])c2)c1. The molecule has 0 saturated heterocycles. The molecule has 0 atom stereocenters. The maximum Gasteiger partial charge on any atom is 0.270 e. The van der Waals surface area contributed by atoms with Crippen molar-refractivity contribution < 1.29 is 4.92 Å². The van der Waals surface area contributed by atoms with Crippen molar-refractivity contribution in [2.75, 3.05) is 14.1 Å². The monoisotopic (exact) mass is 257 g/mol. The second kappa shape index (κ2) is 5.58. The molecule has 0 bridgehead atoms. The van der Waals surface area contributed by atoms with Crippen LogP contribution in [0.15, 0.2) is 42.6 Å². The van der Waals surface area contributed by atoms with E-state index in [-0.39, 0.29) is 5.69 Å². The molecule has 1 aromatic heterocycles. The van der Waals surface area contributed by atoms with E-state index < -0.39 is 4.92 Å². The Morgan fingerprint density at radius 3 is 2.74 bits per heavy atom. The number of pyridine rings is 1. The van der Waals surface area contributed by atoms with Crippen LogP contribution in [-0.4, -0.2) is 28.9 Å². The van der Waals surface area contributed by atoms with E-state index in [0.717, 1.165) is 23.4 Å². The van der Waals surface area contributed by atoms with Gasteiger partial charge in [0.1, 0.15) is 0 Å². The number of nitro benzene ring substituents is 1. The quantitative estimate of drug-likeness (QED) is 0.624. The predicted octanol–water partition coefficient (Wildman–Crippen LogP) is 2.72. The zero-order valence-corrected chi connectivity index (χ0v) is 10.9. The summed E-state index contributed by atoms with van der Waals surface area (Å²) in [5.41, 5.74) is 2.72. The summed E-state index contributed by atoms with van der Waals surface area (Å²) in [6, 6.07) is 10.4. The van der Waals surface area contributed by atoms with Crippen molar-refractivity contribution in [1.29, 1.82) is 0 Å². The number of nitro groups is 1. The van der Waals surface area contributed by atoms with Gasteiger partial charge in [-0.2, -0.15) is 0 Å². The van der Waals surface area contributed by atoms with Crippen molar-refractivity contribution in [3.05, 3.63) is 58.3 Å². The lowest BCUT2D eigenvalue weighted by Gasteiger charge is -2.10. The van der Waals surface area contributed by atoms with Crippen molar-refractivity contribution in [3.63, 3.8) is 0 Å². The Bertz CT molecular complexity index is 597. The summed E-state index contributed by atoms with van der Waals surface area (Å²) in [6.07, 6.45) is 1.73. The maximum absolute atomic E-state index is 10.8. The van der Waals surface area contributed by atoms with Crippen LogP contribution < -0.4 is 0 Å². The third-order valence-electron chi connectivity index (χ3n) is 2.68. The summed E-state index contributed by atoms with van der Waals surface area (Å²) in [6.45, 7) is 0.810. The van der Waals surface area contributed by atoms with Gasteiger partial charge >= 0.3 is 0 Å². The molecule has 0 N–H and O–H groups in total. The first-order valence-electron chi connectivity index (χ1n) is 5.91. The van der Waals surface area contributed by atoms with Gasteiger partial charge < -0.3 is 4.90 Å². The molecule has 0 aliphatic carbocycles. The minimum Gasteiger partial charge on any atom is -0.305 e. The number of rotatable bonds is 4. The predicted molar refractivity (Wildman–Crippen MR) is 73.7 cm³/mol. The molecule has 2 aromatic rings. The third-order valence-corrected chi connectivity index (χ3v) is 2.68. The highest BCUT2D eigenvalue weighted by atomic mass is 16.6. The Balaban J connectivity index is 2.36. The highest BCUT2D eigenvalue weighted by Gasteiger charge is 2.08. The maximum atomic E-state index is 10.8. The molecule has 1 heterocycles. The van der Waals surface area contributed by atoms with Crippen molar-refractivity contribution in [2.24, 2.45) is 0 Å². The lowest BCUT2D eigenvalue weighted by Crippen LogP contribution is -2.10. The van der Waals surface area contributed by atoms with Gasteiger partial charge in [-0.25, -0.2) is 0 Å². The Kier molecular flexibility index (Phi) is 3.87. The second-order valence-electron chi connectivity index (χ2n) is 4.59. The van der Waals surface area contributed by atoms with Crippen molar-refractivity contribution in [3.8, 4) is 11.3 Å². The molecular weight excluding hydrogens is 242 g/mol. The summed E-state index contributed by atoms with van der Waals surface area (Å²) in [7, 11) is 3.99. The Morgan fingerprint density at radius 1 is 1.26 bits per heavy atom. The van der Waals surface area contributed by atoms with E-state index in [1.165, 1.54) is 6.07 Å². The highest BCUT2D eigenvalue weighted by Crippen LogP contribution is 2.22. The van der Waals surface area contributed by atoms with Crippen LogP contribution in [0.4, 0.5) is 5.69 Å². The standard InChI is InChI=1S/C14H15N3O2/c1-16(2)10-11-6-7-15-14(8-11)12-4-3-5-13(9-12)17(18)19/h3-9H,10H2,1-2H3. The summed E-state index contributed by atoms with van der Waals surface area (Å²) in [5, 5.41) is 10.8. The normalized spacial score (nSPS) is 10.7. The molecule has 0 aliphatic heterocycles. The van der Waals surface area contributed by atoms with Crippen LogP contribution in [0, 0.1) is 10.1 Å². The van der Waals surface area contributed by atoms with E-state index in [0.29, 0.717) is 0 Å². The first kappa shape index (κ1) is 13.2. The van der Waals surface area contributed by atoms with Crippen molar-refractivity contribution in [1.82, 2.24) is 9.88 Å². The van der Waals surface area contributed by atoms with Crippen LogP contribution >= 0.6 is 0 Å². The van der Waals surface area contributed by atoms with Gasteiger partial charge in [0, 0.05) is 30.4 Å². The van der Waals surface area contributed by atoms with Gasteiger partial charge in [-0.3, -0.25) is 15.1 Å². The van der Waals surface area contributed by atoms with Crippen LogP contribution in [0.3, 0.4) is 0 Å². The molecule has 98 valence electrons. The molecule has 2 rings (SSSR count). The summed E-state index contributed by atoms with van der Waals surface area (Å²) >= 11 is 0. The zero-order chi connectivity index (χ0) is 13.8. The minimum absolute atomic E-state index is 0.0808. The van der Waals surface area contributed by atoms with Crippen LogP contribution in [0.25, 0.3) is 11.3 Å². The lowest BCUT2D eigenvalue weighted by atomic mass is 10.1. The minimum atomic E-state index is -0.396. The van der Waals surface area contributed by atoms with Crippen LogP contribution in [-0.2, 0) is 6.54 Å². The second-order valence-corrected chi connectivity index (χ2v) is 4.59. The molecule has 5 heteroatoms. The zero-order valence-electron chi connectivity index (χ0n) is 10.9. The van der Waals surface area contributed by atoms with Gasteiger partial charge in [-0.1, -0.05) is 12.1 Å². The molecule has 0 spiro atoms. The van der Waals surface area contributed by atoms with E-state index in [9.17, 15) is 10.1 Å². The van der Waals surface area contributed by atoms with E-state index in [1.807, 2.05) is 32.3 Å². The van der Waals surface area contributed by atoms with Gasteiger partial charge in [-0.15, -0.1) is 0 Å². The van der Waals surface area contributed by atoms with Gasteiger partial charge in [0.05, 0.1) is 10.6 Å². The van der Waals surface area contributed by atoms with E-state index >= 15 is 0 Å². The fourth-order valence-corrected chi connectivity index (χ4v) is 1.87. The first-order valence-corrected chi connectivity index (χ1v) is 5.91. The smallest absolute Gasteiger partial charge is 0.270 e. The molecule has 0 aliphatic rings. The Hall–Kier alpha value is -2.27. The van der Waals surface area contributed by atoms with Crippen LogP contribution in [0.5, 0.6) is 0 Å². The molecule has 0 radical (unpaired) electrons. The van der Waals surface area contributed by atoms with E-state index in [4.69, 9.17) is 0 Å². The van der Waals surface area contributed by atoms with Crippen molar-refractivity contribution >= 4 is 5.69 Å². The number of benzene rings is 1. The van der Waals surface area contributed by atoms with Crippen LogP contribution in [0.2, 0.25) is 0 Å². The number of nitrogens with zero attached hydrogens (tertiary/aromatic N) is 3. The summed E-state index contributed by atoms with van der Waals surface area (Å²) < 4.78 is 0. The highest BCUT2D eigenvalue weighted by molar-refractivity contribution is 5.62. The molecule has 19 heavy (non-hydrogen) atoms. The van der Waals surface area contributed by atoms with Crippen molar-refractivity contribution in [2.45, 2.75) is 6.54 Å². The van der Waals surface area contributed by atoms with Gasteiger partial charge in [0.15, 0.2) is 0 Å². The van der Waals surface area contributed by atoms with Gasteiger partial charge in [-0.05, 0) is 31.8 Å². The summed E-state index contributed by atoms with van der Waals surface area (Å²) in [4.78, 5) is 16.7. The molecule has 0 saturated carbocycles. The molecule has 0 amide bonds. The third kappa shape index (κ3) is 3.35. The Labute approximate surface area is 111 Å². The van der Waals surface area contributed by atoms with Crippen LogP contribution in [0.1, 0.15) is 5.56 Å². The summed E-state index contributed by atoms with van der Waals surface area (Å²) in [5.74, 6) is 0. The van der Waals surface area contributed by atoms with E-state index in [2.05, 4.69) is 9.88 Å². The first-order chi connectivity index (χ1) is 9.06. The molecular formula is C14H15N3O2. The fourth-order valence-electron chi connectivity index (χ4n) is 1.87. The van der Waals surface area contributed by atoms with E-state index in [1.54, 1.807) is 18.3 Å². The average Bonchev–Trinajstić information content (AvgIpc) is 2.38. The number of hydrogen-bond donors (Lipinski definition) is 0. The molecule has 0 unspecified atom stereocenters. The largest absolute Gasteiger partial charge is 0.305 e. The number of aromatic nitrogens is 1. The number of non-ortho nitro benzene ring substituents is 1. The van der Waals surface area contributed by atoms with Gasteiger partial charge in [0.2, 0.25) is 0 Å². The topological polar surface area (TPSA) is 59.3 Å². The molecule has 0 fully saturated rings. The molecule has 1 aromatic carbocycles. The van der Waals surface area contributed by atoms with Gasteiger partial charge in [0.25, 0.3) is 5.69 Å². The number of hydrogen-bond acceptors (Lipinski definition) is 4. The average molecular weight is 257 g/mol. The fraction of sp³-hybridized carbons (Fsp3) is 0.214.